The predicted octanol–water partition coefficient (Wildman–Crippen LogP) is 3.14. The van der Waals surface area contributed by atoms with Crippen LogP contribution in [0, 0.1) is 0 Å². The Morgan fingerprint density at radius 2 is 1.93 bits per heavy atom. The number of carbonyl (C=O) groups is 2. The first-order chi connectivity index (χ1) is 13.9. The molecule has 0 amide bonds. The number of anilines is 1. The number of ketones is 1. The molecule has 0 bridgehead atoms. The fourth-order valence-corrected chi connectivity index (χ4v) is 5.05. The van der Waals surface area contributed by atoms with Crippen molar-refractivity contribution in [2.24, 2.45) is 0 Å². The van der Waals surface area contributed by atoms with Gasteiger partial charge in [0.05, 0.1) is 17.0 Å². The minimum absolute atomic E-state index is 0.0951. The van der Waals surface area contributed by atoms with Gasteiger partial charge in [-0.3, -0.25) is 9.10 Å². The molecule has 0 spiro atoms. The Balaban J connectivity index is 1.52. The largest absolute Gasteiger partial charge is 0.451 e. The molecule has 1 unspecified atom stereocenters. The van der Waals surface area contributed by atoms with E-state index < -0.39 is 22.1 Å². The van der Waals surface area contributed by atoms with Gasteiger partial charge in [-0.25, -0.2) is 13.2 Å². The molecule has 1 saturated heterocycles. The second kappa shape index (κ2) is 7.36. The van der Waals surface area contributed by atoms with Gasteiger partial charge >= 0.3 is 5.97 Å². The Morgan fingerprint density at radius 3 is 2.69 bits per heavy atom. The maximum atomic E-state index is 12.8. The number of hydrogen-bond acceptors (Lipinski definition) is 5. The molecule has 1 aliphatic rings. The van der Waals surface area contributed by atoms with Gasteiger partial charge in [0.2, 0.25) is 15.8 Å². The number of hydrogen-bond donors (Lipinski definition) is 1. The molecule has 1 atom stereocenters. The van der Waals surface area contributed by atoms with Gasteiger partial charge in [0, 0.05) is 29.2 Å². The minimum Gasteiger partial charge on any atom is -0.451 e. The lowest BCUT2D eigenvalue weighted by atomic mass is 10.1. The number of Topliss-reactive ketones (excluding diaryl/α,β-unsaturated/α-hetero) is 1. The van der Waals surface area contributed by atoms with E-state index in [9.17, 15) is 18.0 Å². The normalized spacial score (nSPS) is 16.7. The van der Waals surface area contributed by atoms with E-state index in [0.717, 1.165) is 10.9 Å². The zero-order valence-corrected chi connectivity index (χ0v) is 16.6. The molecule has 0 radical (unpaired) electrons. The van der Waals surface area contributed by atoms with Crippen LogP contribution >= 0.6 is 0 Å². The quantitative estimate of drug-likeness (QED) is 0.513. The number of ether oxygens (including phenoxy) is 1. The molecule has 7 nitrogen and oxygen atoms in total. The number of aromatic nitrogens is 1. The van der Waals surface area contributed by atoms with Crippen molar-refractivity contribution in [2.75, 3.05) is 16.6 Å². The van der Waals surface area contributed by atoms with Gasteiger partial charge in [-0.1, -0.05) is 24.3 Å². The maximum absolute atomic E-state index is 12.8. The van der Waals surface area contributed by atoms with Crippen LogP contribution in [-0.2, 0) is 14.8 Å². The van der Waals surface area contributed by atoms with Crippen LogP contribution in [0.2, 0.25) is 0 Å². The number of sulfonamides is 1. The van der Waals surface area contributed by atoms with Crippen molar-refractivity contribution in [2.45, 2.75) is 19.4 Å². The number of aromatic amines is 1. The number of nitrogens with one attached hydrogen (secondary N) is 1. The fraction of sp³-hybridized carbons (Fsp3) is 0.238. The number of fused-ring (bicyclic) bond motifs is 1. The average Bonchev–Trinajstić information content (AvgIpc) is 3.30. The van der Waals surface area contributed by atoms with E-state index >= 15 is 0 Å². The summed E-state index contributed by atoms with van der Waals surface area (Å²) in [5.74, 6) is -0.893. The van der Waals surface area contributed by atoms with Crippen molar-refractivity contribution in [3.05, 3.63) is 65.9 Å². The zero-order valence-electron chi connectivity index (χ0n) is 15.8. The van der Waals surface area contributed by atoms with Crippen LogP contribution < -0.4 is 4.31 Å². The van der Waals surface area contributed by atoms with E-state index in [4.69, 9.17) is 4.74 Å². The van der Waals surface area contributed by atoms with Gasteiger partial charge in [0.25, 0.3) is 0 Å². The molecule has 0 saturated carbocycles. The average molecular weight is 412 g/mol. The lowest BCUT2D eigenvalue weighted by Gasteiger charge is -2.18. The fourth-order valence-electron chi connectivity index (χ4n) is 3.49. The number of carbonyl (C=O) groups excluding carboxylic acids is 2. The van der Waals surface area contributed by atoms with Crippen LogP contribution in [0.25, 0.3) is 10.9 Å². The molecule has 0 aliphatic carbocycles. The molecule has 2 aromatic carbocycles. The second-order valence-corrected chi connectivity index (χ2v) is 8.96. The van der Waals surface area contributed by atoms with Crippen molar-refractivity contribution < 1.29 is 22.7 Å². The molecule has 8 heteroatoms. The van der Waals surface area contributed by atoms with Crippen molar-refractivity contribution in [3.8, 4) is 0 Å². The van der Waals surface area contributed by atoms with E-state index in [-0.39, 0.29) is 17.1 Å². The highest BCUT2D eigenvalue weighted by Crippen LogP contribution is 2.25. The highest BCUT2D eigenvalue weighted by molar-refractivity contribution is 7.93. The highest BCUT2D eigenvalue weighted by atomic mass is 32.2. The van der Waals surface area contributed by atoms with Crippen molar-refractivity contribution in [1.82, 2.24) is 4.98 Å². The van der Waals surface area contributed by atoms with Gasteiger partial charge < -0.3 is 9.72 Å². The smallest absolute Gasteiger partial charge is 0.338 e. The Bertz CT molecular complexity index is 1200. The van der Waals surface area contributed by atoms with Gasteiger partial charge in [0.1, 0.15) is 0 Å². The minimum atomic E-state index is -3.35. The first kappa shape index (κ1) is 19.2. The highest BCUT2D eigenvalue weighted by Gasteiger charge is 2.29. The number of para-hydroxylation sites is 1. The number of esters is 1. The summed E-state index contributed by atoms with van der Waals surface area (Å²) in [6, 6.07) is 13.7. The molecular formula is C21H20N2O5S. The molecule has 2 heterocycles. The summed E-state index contributed by atoms with van der Waals surface area (Å²) in [5, 5.41) is 0.765. The summed E-state index contributed by atoms with van der Waals surface area (Å²) < 4.78 is 30.9. The Morgan fingerprint density at radius 1 is 1.14 bits per heavy atom. The summed E-state index contributed by atoms with van der Waals surface area (Å²) in [5.41, 5.74) is 1.91. The topological polar surface area (TPSA) is 96.5 Å². The predicted molar refractivity (Wildman–Crippen MR) is 110 cm³/mol. The van der Waals surface area contributed by atoms with Crippen molar-refractivity contribution in [3.63, 3.8) is 0 Å². The number of H-pyrrole nitrogens is 1. The SMILES string of the molecule is CC(OC(=O)c1cccc(N2CCCS2(=O)=O)c1)C(=O)c1c[nH]c2ccccc12. The molecule has 4 rings (SSSR count). The van der Waals surface area contributed by atoms with Gasteiger partial charge in [-0.15, -0.1) is 0 Å². The van der Waals surface area contributed by atoms with Gasteiger partial charge in [0.15, 0.2) is 6.10 Å². The molecule has 1 N–H and O–H groups in total. The van der Waals surface area contributed by atoms with E-state index in [1.54, 1.807) is 18.3 Å². The summed E-state index contributed by atoms with van der Waals surface area (Å²) in [6.45, 7) is 1.91. The molecular weight excluding hydrogens is 392 g/mol. The van der Waals surface area contributed by atoms with Crippen LogP contribution in [0.3, 0.4) is 0 Å². The van der Waals surface area contributed by atoms with Crippen LogP contribution in [0.1, 0.15) is 34.1 Å². The van der Waals surface area contributed by atoms with E-state index in [1.165, 1.54) is 23.4 Å². The van der Waals surface area contributed by atoms with Crippen molar-refractivity contribution >= 4 is 38.4 Å². The summed E-state index contributed by atoms with van der Waals surface area (Å²) in [6.07, 6.45) is 1.17. The molecule has 1 aromatic heterocycles. The molecule has 150 valence electrons. The van der Waals surface area contributed by atoms with Gasteiger partial charge in [-0.2, -0.15) is 0 Å². The number of nitrogens with zero attached hydrogens (tertiary/aromatic N) is 1. The van der Waals surface area contributed by atoms with E-state index in [0.29, 0.717) is 24.2 Å². The third-order valence-electron chi connectivity index (χ3n) is 4.98. The van der Waals surface area contributed by atoms with Crippen LogP contribution in [0.15, 0.2) is 54.7 Å². The lowest BCUT2D eigenvalue weighted by molar-refractivity contribution is 0.0319. The summed E-state index contributed by atoms with van der Waals surface area (Å²) in [7, 11) is -3.35. The third-order valence-corrected chi connectivity index (χ3v) is 6.85. The third kappa shape index (κ3) is 3.63. The first-order valence-electron chi connectivity index (χ1n) is 9.28. The molecule has 1 aliphatic heterocycles. The Kier molecular flexibility index (Phi) is 4.87. The zero-order chi connectivity index (χ0) is 20.6. The first-order valence-corrected chi connectivity index (χ1v) is 10.9. The standard InChI is InChI=1S/C21H20N2O5S/c1-14(20(24)18-13-22-19-9-3-2-8-17(18)19)28-21(25)15-6-4-7-16(12-15)23-10-5-11-29(23,26)27/h2-4,6-9,12-14,22H,5,10-11H2,1H3. The molecule has 3 aromatic rings. The molecule has 29 heavy (non-hydrogen) atoms. The molecule has 1 fully saturated rings. The lowest BCUT2D eigenvalue weighted by Crippen LogP contribution is -2.26. The van der Waals surface area contributed by atoms with Crippen LogP contribution in [-0.4, -0.2) is 43.6 Å². The van der Waals surface area contributed by atoms with Crippen LogP contribution in [0.4, 0.5) is 5.69 Å². The number of rotatable bonds is 5. The Hall–Kier alpha value is -3.13. The van der Waals surface area contributed by atoms with E-state index in [2.05, 4.69) is 4.98 Å². The maximum Gasteiger partial charge on any atom is 0.338 e. The Labute approximate surface area is 168 Å². The summed E-state index contributed by atoms with van der Waals surface area (Å²) in [4.78, 5) is 28.4. The summed E-state index contributed by atoms with van der Waals surface area (Å²) >= 11 is 0. The van der Waals surface area contributed by atoms with E-state index in [1.807, 2.05) is 24.3 Å². The second-order valence-electron chi connectivity index (χ2n) is 6.95. The number of benzene rings is 2. The monoisotopic (exact) mass is 412 g/mol. The van der Waals surface area contributed by atoms with Crippen molar-refractivity contribution in [1.29, 1.82) is 0 Å². The van der Waals surface area contributed by atoms with Gasteiger partial charge in [-0.05, 0) is 37.6 Å². The van der Waals surface area contributed by atoms with Crippen LogP contribution in [0.5, 0.6) is 0 Å².